The average Bonchev–Trinajstić information content (AvgIpc) is 2.78. The van der Waals surface area contributed by atoms with Crippen LogP contribution in [-0.2, 0) is 14.3 Å². The molecule has 4 heteroatoms. The van der Waals surface area contributed by atoms with Gasteiger partial charge in [0.25, 0.3) is 0 Å². The number of rotatable bonds is 5. The van der Waals surface area contributed by atoms with E-state index in [1.54, 1.807) is 6.92 Å². The standard InChI is InChI=1S/C18H21NO3/c1-4-5-7-12-15-17(20)16(18(21)22-3)13(2)19(15)14-10-8-6-9-11-14/h6,8-12H,4-5,7H2,1-3H3/b15-12+. The van der Waals surface area contributed by atoms with Crippen LogP contribution in [-0.4, -0.2) is 18.9 Å². The van der Waals surface area contributed by atoms with E-state index in [9.17, 15) is 9.59 Å². The second-order valence-corrected chi connectivity index (χ2v) is 5.18. The largest absolute Gasteiger partial charge is 0.465 e. The van der Waals surface area contributed by atoms with Gasteiger partial charge >= 0.3 is 5.97 Å². The molecule has 0 spiro atoms. The van der Waals surface area contributed by atoms with E-state index < -0.39 is 5.97 Å². The molecule has 4 nitrogen and oxygen atoms in total. The highest BCUT2D eigenvalue weighted by molar-refractivity contribution is 6.28. The number of esters is 1. The normalized spacial score (nSPS) is 16.6. The summed E-state index contributed by atoms with van der Waals surface area (Å²) in [5.41, 5.74) is 2.15. The lowest BCUT2D eigenvalue weighted by molar-refractivity contribution is -0.137. The second-order valence-electron chi connectivity index (χ2n) is 5.18. The highest BCUT2D eigenvalue weighted by Crippen LogP contribution is 2.34. The summed E-state index contributed by atoms with van der Waals surface area (Å²) in [7, 11) is 1.29. The molecule has 1 aromatic carbocycles. The maximum absolute atomic E-state index is 12.6. The van der Waals surface area contributed by atoms with Gasteiger partial charge in [-0.25, -0.2) is 4.79 Å². The number of ether oxygens (including phenoxy) is 1. The fourth-order valence-electron chi connectivity index (χ4n) is 2.57. The first kappa shape index (κ1) is 16.0. The van der Waals surface area contributed by atoms with Crippen LogP contribution in [0.4, 0.5) is 5.69 Å². The molecule has 1 aliphatic rings. The Morgan fingerprint density at radius 3 is 2.55 bits per heavy atom. The fourth-order valence-corrected chi connectivity index (χ4v) is 2.57. The van der Waals surface area contributed by atoms with Gasteiger partial charge in [-0.05, 0) is 31.9 Å². The van der Waals surface area contributed by atoms with Gasteiger partial charge in [-0.1, -0.05) is 37.6 Å². The summed E-state index contributed by atoms with van der Waals surface area (Å²) in [6, 6.07) is 9.58. The Labute approximate surface area is 131 Å². The maximum Gasteiger partial charge on any atom is 0.343 e. The van der Waals surface area contributed by atoms with E-state index in [0.717, 1.165) is 24.9 Å². The van der Waals surface area contributed by atoms with Gasteiger partial charge in [0, 0.05) is 11.4 Å². The molecule has 0 saturated heterocycles. The summed E-state index contributed by atoms with van der Waals surface area (Å²) in [6.07, 6.45) is 4.78. The number of Topliss-reactive ketones (excluding diaryl/α,β-unsaturated/α-hetero) is 1. The summed E-state index contributed by atoms with van der Waals surface area (Å²) < 4.78 is 4.76. The molecule has 22 heavy (non-hydrogen) atoms. The first-order valence-corrected chi connectivity index (χ1v) is 7.51. The lowest BCUT2D eigenvalue weighted by atomic mass is 10.1. The molecule has 1 aliphatic heterocycles. The van der Waals surface area contributed by atoms with Crippen LogP contribution in [0, 0.1) is 0 Å². The Bertz CT molecular complexity index is 629. The van der Waals surface area contributed by atoms with Gasteiger partial charge in [-0.15, -0.1) is 0 Å². The van der Waals surface area contributed by atoms with Crippen LogP contribution in [0.3, 0.4) is 0 Å². The van der Waals surface area contributed by atoms with Crippen molar-refractivity contribution in [2.45, 2.75) is 33.1 Å². The van der Waals surface area contributed by atoms with Gasteiger partial charge in [0.15, 0.2) is 0 Å². The molecule has 0 unspecified atom stereocenters. The van der Waals surface area contributed by atoms with Crippen molar-refractivity contribution in [3.63, 3.8) is 0 Å². The molecule has 0 aliphatic carbocycles. The van der Waals surface area contributed by atoms with E-state index in [1.165, 1.54) is 7.11 Å². The van der Waals surface area contributed by atoms with E-state index >= 15 is 0 Å². The summed E-state index contributed by atoms with van der Waals surface area (Å²) in [5, 5.41) is 0. The number of para-hydroxylation sites is 1. The van der Waals surface area contributed by atoms with Gasteiger partial charge in [0.1, 0.15) is 5.57 Å². The number of carbonyl (C=O) groups is 2. The van der Waals surface area contributed by atoms with Crippen LogP contribution < -0.4 is 4.90 Å². The first-order valence-electron chi connectivity index (χ1n) is 7.51. The molecule has 0 atom stereocenters. The Balaban J connectivity index is 2.48. The smallest absolute Gasteiger partial charge is 0.343 e. The third-order valence-corrected chi connectivity index (χ3v) is 3.70. The molecule has 0 N–H and O–H groups in total. The topological polar surface area (TPSA) is 46.6 Å². The van der Waals surface area contributed by atoms with E-state index in [1.807, 2.05) is 41.3 Å². The SMILES string of the molecule is CCCC/C=C1\C(=O)C(C(=O)OC)=C(C)N1c1ccccc1. The zero-order chi connectivity index (χ0) is 16.1. The molecular formula is C18H21NO3. The zero-order valence-electron chi connectivity index (χ0n) is 13.3. The van der Waals surface area contributed by atoms with Gasteiger partial charge in [-0.3, -0.25) is 4.79 Å². The minimum atomic E-state index is -0.581. The Morgan fingerprint density at radius 1 is 1.27 bits per heavy atom. The third-order valence-electron chi connectivity index (χ3n) is 3.70. The van der Waals surface area contributed by atoms with Gasteiger partial charge in [0.2, 0.25) is 5.78 Å². The Hall–Kier alpha value is -2.36. The van der Waals surface area contributed by atoms with Gasteiger partial charge in [-0.2, -0.15) is 0 Å². The molecule has 0 bridgehead atoms. The average molecular weight is 299 g/mol. The number of methoxy groups -OCH3 is 1. The summed E-state index contributed by atoms with van der Waals surface area (Å²) in [4.78, 5) is 26.4. The van der Waals surface area contributed by atoms with Crippen LogP contribution in [0.25, 0.3) is 0 Å². The molecule has 0 radical (unpaired) electrons. The molecule has 0 amide bonds. The number of anilines is 1. The van der Waals surface area contributed by atoms with Crippen molar-refractivity contribution < 1.29 is 14.3 Å². The Morgan fingerprint density at radius 2 is 1.95 bits per heavy atom. The van der Waals surface area contributed by atoms with Crippen molar-refractivity contribution in [1.29, 1.82) is 0 Å². The lowest BCUT2D eigenvalue weighted by Crippen LogP contribution is -2.18. The predicted molar refractivity (Wildman–Crippen MR) is 86.3 cm³/mol. The molecule has 1 heterocycles. The van der Waals surface area contributed by atoms with Crippen molar-refractivity contribution >= 4 is 17.4 Å². The molecular weight excluding hydrogens is 278 g/mol. The van der Waals surface area contributed by atoms with E-state index in [-0.39, 0.29) is 11.4 Å². The van der Waals surface area contributed by atoms with E-state index in [0.29, 0.717) is 11.4 Å². The molecule has 0 saturated carbocycles. The number of unbranched alkanes of at least 4 members (excludes halogenated alkanes) is 2. The molecule has 1 aromatic rings. The number of hydrogen-bond acceptors (Lipinski definition) is 4. The van der Waals surface area contributed by atoms with Crippen LogP contribution >= 0.6 is 0 Å². The number of benzene rings is 1. The van der Waals surface area contributed by atoms with Gasteiger partial charge in [0.05, 0.1) is 12.8 Å². The van der Waals surface area contributed by atoms with Crippen molar-refractivity contribution in [2.75, 3.05) is 12.0 Å². The zero-order valence-corrected chi connectivity index (χ0v) is 13.3. The summed E-state index contributed by atoms with van der Waals surface area (Å²) in [6.45, 7) is 3.88. The van der Waals surface area contributed by atoms with Crippen LogP contribution in [0.1, 0.15) is 33.1 Å². The first-order chi connectivity index (χ1) is 10.6. The molecule has 116 valence electrons. The molecule has 0 aromatic heterocycles. The third kappa shape index (κ3) is 2.96. The minimum absolute atomic E-state index is 0.120. The van der Waals surface area contributed by atoms with Crippen molar-refractivity contribution in [3.8, 4) is 0 Å². The van der Waals surface area contributed by atoms with Crippen LogP contribution in [0.15, 0.2) is 53.4 Å². The highest BCUT2D eigenvalue weighted by Gasteiger charge is 2.37. The van der Waals surface area contributed by atoms with Crippen molar-refractivity contribution in [2.24, 2.45) is 0 Å². The van der Waals surface area contributed by atoms with Crippen molar-refractivity contribution in [1.82, 2.24) is 0 Å². The number of ketones is 1. The maximum atomic E-state index is 12.6. The minimum Gasteiger partial charge on any atom is -0.465 e. The Kier molecular flexibility index (Phi) is 5.15. The van der Waals surface area contributed by atoms with E-state index in [2.05, 4.69) is 6.92 Å². The highest BCUT2D eigenvalue weighted by atomic mass is 16.5. The fraction of sp³-hybridized carbons (Fsp3) is 0.333. The van der Waals surface area contributed by atoms with E-state index in [4.69, 9.17) is 4.74 Å². The number of nitrogens with zero attached hydrogens (tertiary/aromatic N) is 1. The van der Waals surface area contributed by atoms with Crippen LogP contribution in [0.5, 0.6) is 0 Å². The second kappa shape index (κ2) is 7.07. The molecule has 2 rings (SSSR count). The summed E-state index contributed by atoms with van der Waals surface area (Å²) in [5.74, 6) is -0.841. The van der Waals surface area contributed by atoms with Gasteiger partial charge < -0.3 is 9.64 Å². The summed E-state index contributed by atoms with van der Waals surface area (Å²) >= 11 is 0. The quantitative estimate of drug-likeness (QED) is 0.361. The van der Waals surface area contributed by atoms with Crippen molar-refractivity contribution in [3.05, 3.63) is 53.4 Å². The number of allylic oxidation sites excluding steroid dienone is 3. The van der Waals surface area contributed by atoms with Crippen LogP contribution in [0.2, 0.25) is 0 Å². The number of carbonyl (C=O) groups excluding carboxylic acids is 2. The predicted octanol–water partition coefficient (Wildman–Crippen LogP) is 3.60. The number of hydrogen-bond donors (Lipinski definition) is 0. The lowest BCUT2D eigenvalue weighted by Gasteiger charge is -2.21. The monoisotopic (exact) mass is 299 g/mol. The molecule has 0 fully saturated rings.